The van der Waals surface area contributed by atoms with Gasteiger partial charge < -0.3 is 25.0 Å². The van der Waals surface area contributed by atoms with E-state index in [4.69, 9.17) is 4.74 Å². The Morgan fingerprint density at radius 1 is 0.818 bits per heavy atom. The molecule has 286 valence electrons. The summed E-state index contributed by atoms with van der Waals surface area (Å²) in [6.45, 7) is 12.6. The van der Waals surface area contributed by atoms with Gasteiger partial charge in [-0.1, -0.05) is 55.1 Å². The van der Waals surface area contributed by atoms with Gasteiger partial charge in [0.2, 0.25) is 5.91 Å². The predicted octanol–water partition coefficient (Wildman–Crippen LogP) is 8.15. The number of unbranched alkanes of at least 4 members (excludes halogenated alkanes) is 2. The zero-order chi connectivity index (χ0) is 38.1. The van der Waals surface area contributed by atoms with Crippen LogP contribution in [0.15, 0.2) is 103 Å². The summed E-state index contributed by atoms with van der Waals surface area (Å²) >= 11 is 0. The Labute approximate surface area is 325 Å². The van der Waals surface area contributed by atoms with Gasteiger partial charge in [0.1, 0.15) is 17.5 Å². The molecule has 0 spiro atoms. The Morgan fingerprint density at radius 2 is 1.60 bits per heavy atom. The minimum atomic E-state index is -0.437. The highest BCUT2D eigenvalue weighted by molar-refractivity contribution is 6.01. The molecular formula is C47H54N4O4. The summed E-state index contributed by atoms with van der Waals surface area (Å²) in [6, 6.07) is 32.0. The number of carbonyl (C=O) groups excluding carboxylic acids is 2. The van der Waals surface area contributed by atoms with Crippen molar-refractivity contribution in [2.24, 2.45) is 0 Å². The number of nitrogens with zero attached hydrogens (tertiary/aromatic N) is 3. The molecule has 4 aliphatic rings. The van der Waals surface area contributed by atoms with Crippen molar-refractivity contribution in [3.05, 3.63) is 137 Å². The number of phenolic OH excluding ortho intramolecular Hbond substituents is 1. The van der Waals surface area contributed by atoms with Crippen LogP contribution in [0.2, 0.25) is 0 Å². The van der Waals surface area contributed by atoms with E-state index in [0.29, 0.717) is 55.3 Å². The van der Waals surface area contributed by atoms with Crippen molar-refractivity contribution in [1.29, 1.82) is 0 Å². The van der Waals surface area contributed by atoms with Crippen molar-refractivity contribution in [3.63, 3.8) is 0 Å². The summed E-state index contributed by atoms with van der Waals surface area (Å²) in [5.74, 6) is 1.69. The van der Waals surface area contributed by atoms with Gasteiger partial charge in [-0.3, -0.25) is 14.5 Å². The quantitative estimate of drug-likeness (QED) is 0.151. The molecule has 2 saturated heterocycles. The number of phenols is 1. The van der Waals surface area contributed by atoms with Crippen LogP contribution in [0.4, 0.5) is 5.69 Å². The van der Waals surface area contributed by atoms with Crippen molar-refractivity contribution < 1.29 is 19.4 Å². The maximum atomic E-state index is 13.2. The summed E-state index contributed by atoms with van der Waals surface area (Å²) in [5.41, 5.74) is 8.80. The van der Waals surface area contributed by atoms with Gasteiger partial charge in [-0.05, 0) is 142 Å². The van der Waals surface area contributed by atoms with Crippen molar-refractivity contribution in [2.45, 2.75) is 95.3 Å². The van der Waals surface area contributed by atoms with Gasteiger partial charge in [-0.2, -0.15) is 0 Å². The highest BCUT2D eigenvalue weighted by Gasteiger charge is 2.39. The number of benzene rings is 4. The average Bonchev–Trinajstić information content (AvgIpc) is 3.51. The molecule has 8 nitrogen and oxygen atoms in total. The van der Waals surface area contributed by atoms with Crippen LogP contribution >= 0.6 is 0 Å². The monoisotopic (exact) mass is 738 g/mol. The highest BCUT2D eigenvalue weighted by atomic mass is 16.5. The van der Waals surface area contributed by atoms with Crippen LogP contribution in [0.1, 0.15) is 102 Å². The second-order valence-electron chi connectivity index (χ2n) is 16.2. The average molecular weight is 739 g/mol. The second kappa shape index (κ2) is 16.0. The molecule has 0 saturated carbocycles. The molecule has 2 N–H and O–H groups in total. The van der Waals surface area contributed by atoms with Gasteiger partial charge in [0, 0.05) is 54.6 Å². The Kier molecular flexibility index (Phi) is 10.7. The number of anilines is 1. The fraction of sp³-hybridized carbons (Fsp3) is 0.404. The van der Waals surface area contributed by atoms with Gasteiger partial charge in [-0.15, -0.1) is 0 Å². The molecule has 8 rings (SSSR count). The minimum absolute atomic E-state index is 0.0504. The highest BCUT2D eigenvalue weighted by Crippen LogP contribution is 2.47. The Hall–Kier alpha value is -5.08. The van der Waals surface area contributed by atoms with Crippen LogP contribution in [0.3, 0.4) is 0 Å². The molecule has 3 aliphatic heterocycles. The lowest BCUT2D eigenvalue weighted by atomic mass is 9.69. The first-order valence-electron chi connectivity index (χ1n) is 20.3. The lowest BCUT2D eigenvalue weighted by molar-refractivity contribution is -0.126. The molecule has 4 aromatic rings. The van der Waals surface area contributed by atoms with Gasteiger partial charge >= 0.3 is 0 Å². The molecule has 0 bridgehead atoms. The molecule has 2 fully saturated rings. The summed E-state index contributed by atoms with van der Waals surface area (Å²) < 4.78 is 6.23. The maximum Gasteiger partial charge on any atom is 0.255 e. The van der Waals surface area contributed by atoms with E-state index in [1.165, 1.54) is 22.3 Å². The number of piperazine rings is 1. The number of carbonyl (C=O) groups is 2. The molecule has 55 heavy (non-hydrogen) atoms. The first-order valence-corrected chi connectivity index (χ1v) is 20.3. The number of hydrogen-bond acceptors (Lipinski definition) is 6. The Balaban J connectivity index is 0.803. The number of hydrogen-bond donors (Lipinski definition) is 2. The van der Waals surface area contributed by atoms with E-state index in [-0.39, 0.29) is 17.7 Å². The van der Waals surface area contributed by atoms with Crippen LogP contribution in [0.5, 0.6) is 11.5 Å². The third-order valence-electron chi connectivity index (χ3n) is 12.5. The third kappa shape index (κ3) is 7.75. The summed E-state index contributed by atoms with van der Waals surface area (Å²) in [6.07, 6.45) is 6.60. The SMILES string of the molecule is C=C1CCC(N2Cc3cc(N4C[C@@H](C)N(CCCCCOc5ccc([C@H]6c7ccc(O)cc7CC[C@H]6c6ccccc6)cc5)[C@@H](C)C4)ccc3C2=O)C(=O)N1. The van der Waals surface area contributed by atoms with E-state index in [0.717, 1.165) is 74.4 Å². The van der Waals surface area contributed by atoms with Crippen LogP contribution in [-0.4, -0.2) is 71.1 Å². The lowest BCUT2D eigenvalue weighted by Gasteiger charge is -2.45. The zero-order valence-corrected chi connectivity index (χ0v) is 32.3. The van der Waals surface area contributed by atoms with E-state index in [9.17, 15) is 14.7 Å². The largest absolute Gasteiger partial charge is 0.508 e. The molecular weight excluding hydrogens is 685 g/mol. The normalized spacial score (nSPS) is 24.0. The molecule has 3 heterocycles. The number of rotatable bonds is 11. The number of allylic oxidation sites excluding steroid dienone is 1. The molecule has 4 aromatic carbocycles. The fourth-order valence-electron chi connectivity index (χ4n) is 9.66. The lowest BCUT2D eigenvalue weighted by Crippen LogP contribution is -2.57. The number of piperidine rings is 1. The smallest absolute Gasteiger partial charge is 0.255 e. The van der Waals surface area contributed by atoms with Crippen molar-refractivity contribution >= 4 is 17.5 Å². The number of aryl methyl sites for hydroxylation is 1. The van der Waals surface area contributed by atoms with Crippen LogP contribution < -0.4 is 15.0 Å². The van der Waals surface area contributed by atoms with Crippen molar-refractivity contribution in [3.8, 4) is 11.5 Å². The molecule has 0 aromatic heterocycles. The summed E-state index contributed by atoms with van der Waals surface area (Å²) in [7, 11) is 0. The third-order valence-corrected chi connectivity index (χ3v) is 12.5. The van der Waals surface area contributed by atoms with E-state index < -0.39 is 6.04 Å². The van der Waals surface area contributed by atoms with Crippen molar-refractivity contribution in [1.82, 2.24) is 15.1 Å². The second-order valence-corrected chi connectivity index (χ2v) is 16.2. The molecule has 0 radical (unpaired) electrons. The van der Waals surface area contributed by atoms with Crippen LogP contribution in [-0.2, 0) is 17.8 Å². The maximum absolute atomic E-state index is 13.2. The van der Waals surface area contributed by atoms with Gasteiger partial charge in [0.05, 0.1) is 6.61 Å². The Morgan fingerprint density at radius 3 is 2.36 bits per heavy atom. The van der Waals surface area contributed by atoms with E-state index >= 15 is 0 Å². The molecule has 2 amide bonds. The summed E-state index contributed by atoms with van der Waals surface area (Å²) in [5, 5.41) is 13.0. The van der Waals surface area contributed by atoms with Crippen LogP contribution in [0, 0.1) is 0 Å². The predicted molar refractivity (Wildman–Crippen MR) is 218 cm³/mol. The molecule has 1 aliphatic carbocycles. The first-order chi connectivity index (χ1) is 26.7. The minimum Gasteiger partial charge on any atom is -0.508 e. The fourth-order valence-corrected chi connectivity index (χ4v) is 9.66. The van der Waals surface area contributed by atoms with Gasteiger partial charge in [0.25, 0.3) is 5.91 Å². The number of aromatic hydroxyl groups is 1. The number of amides is 2. The molecule has 1 unspecified atom stereocenters. The first kappa shape index (κ1) is 36.9. The van der Waals surface area contributed by atoms with Crippen LogP contribution in [0.25, 0.3) is 0 Å². The van der Waals surface area contributed by atoms with E-state index in [1.54, 1.807) is 4.90 Å². The number of nitrogens with one attached hydrogen (secondary N) is 1. The molecule has 5 atom stereocenters. The summed E-state index contributed by atoms with van der Waals surface area (Å²) in [4.78, 5) is 32.7. The number of fused-ring (bicyclic) bond motifs is 2. The van der Waals surface area contributed by atoms with E-state index in [1.807, 2.05) is 18.2 Å². The van der Waals surface area contributed by atoms with E-state index in [2.05, 4.69) is 108 Å². The van der Waals surface area contributed by atoms with Gasteiger partial charge in [0.15, 0.2) is 0 Å². The molecule has 8 heteroatoms. The topological polar surface area (TPSA) is 85.4 Å². The number of ether oxygens (including phenoxy) is 1. The zero-order valence-electron chi connectivity index (χ0n) is 32.3. The van der Waals surface area contributed by atoms with Crippen molar-refractivity contribution in [2.75, 3.05) is 31.1 Å². The standard InChI is InChI=1S/C47H54N4O4/c1-31-12-23-44(46(53)48-31)51-30-37-26-38(16-21-43(37)47(51)54)49-28-32(2)50(33(3)29-49)24-8-5-9-25-55-40-18-13-35(14-19-40)45-41(34-10-6-4-7-11-34)20-15-36-27-39(52)17-22-42(36)45/h4,6-7,10-11,13-14,16-19,21-22,26-27,32-33,41,44-45,52H,1,5,8-9,12,15,20,23-25,28-30H2,2-3H3,(H,48,53)/t32-,33+,41-,44?,45+/m0/s1. The van der Waals surface area contributed by atoms with Gasteiger partial charge in [-0.25, -0.2) is 0 Å². The Bertz CT molecular complexity index is 2020.